The Hall–Kier alpha value is -0.0800. The standard InChI is InChI=1S/C15H29NO/c1-3-10-16-14-8-11-17-15(12-14)9-6-5-7-13(15)4-2/h13-14,16H,3-12H2,1-2H3. The van der Waals surface area contributed by atoms with Crippen LogP contribution in [0.25, 0.3) is 0 Å². The molecule has 1 aliphatic heterocycles. The molecule has 1 saturated heterocycles. The van der Waals surface area contributed by atoms with Crippen LogP contribution in [0.4, 0.5) is 0 Å². The lowest BCUT2D eigenvalue weighted by atomic mass is 9.69. The molecule has 100 valence electrons. The molecule has 0 amide bonds. The van der Waals surface area contributed by atoms with Crippen LogP contribution in [-0.4, -0.2) is 24.8 Å². The van der Waals surface area contributed by atoms with Crippen LogP contribution in [0.1, 0.15) is 65.2 Å². The van der Waals surface area contributed by atoms with Crippen LogP contribution in [0.5, 0.6) is 0 Å². The molecule has 1 spiro atoms. The predicted octanol–water partition coefficient (Wildman–Crippen LogP) is 3.50. The topological polar surface area (TPSA) is 21.3 Å². The van der Waals surface area contributed by atoms with E-state index < -0.39 is 0 Å². The van der Waals surface area contributed by atoms with Gasteiger partial charge in [0.2, 0.25) is 0 Å². The van der Waals surface area contributed by atoms with Gasteiger partial charge in [0, 0.05) is 12.6 Å². The second-order valence-electron chi connectivity index (χ2n) is 5.91. The molecule has 0 aromatic heterocycles. The van der Waals surface area contributed by atoms with Crippen LogP contribution in [0.3, 0.4) is 0 Å². The average Bonchev–Trinajstić information content (AvgIpc) is 2.37. The Morgan fingerprint density at radius 1 is 1.24 bits per heavy atom. The van der Waals surface area contributed by atoms with Gasteiger partial charge in [0.25, 0.3) is 0 Å². The van der Waals surface area contributed by atoms with Crippen molar-refractivity contribution in [2.24, 2.45) is 5.92 Å². The van der Waals surface area contributed by atoms with E-state index in [0.29, 0.717) is 6.04 Å². The monoisotopic (exact) mass is 239 g/mol. The van der Waals surface area contributed by atoms with Crippen molar-refractivity contribution in [3.8, 4) is 0 Å². The van der Waals surface area contributed by atoms with Gasteiger partial charge in [0.1, 0.15) is 0 Å². The van der Waals surface area contributed by atoms with Crippen molar-refractivity contribution in [2.45, 2.75) is 76.9 Å². The van der Waals surface area contributed by atoms with Crippen LogP contribution in [0.2, 0.25) is 0 Å². The summed E-state index contributed by atoms with van der Waals surface area (Å²) in [5.41, 5.74) is 0.233. The fourth-order valence-corrected chi connectivity index (χ4v) is 3.82. The van der Waals surface area contributed by atoms with Crippen molar-refractivity contribution >= 4 is 0 Å². The number of hydrogen-bond acceptors (Lipinski definition) is 2. The molecular formula is C15H29NO. The summed E-state index contributed by atoms with van der Waals surface area (Å²) in [7, 11) is 0. The molecule has 3 unspecified atom stereocenters. The second-order valence-corrected chi connectivity index (χ2v) is 5.91. The fourth-order valence-electron chi connectivity index (χ4n) is 3.82. The third-order valence-electron chi connectivity index (χ3n) is 4.77. The fraction of sp³-hybridized carbons (Fsp3) is 1.00. The highest BCUT2D eigenvalue weighted by Crippen LogP contribution is 2.44. The zero-order valence-electron chi connectivity index (χ0n) is 11.6. The van der Waals surface area contributed by atoms with Crippen molar-refractivity contribution in [1.82, 2.24) is 5.32 Å². The Morgan fingerprint density at radius 2 is 2.12 bits per heavy atom. The molecule has 0 aromatic carbocycles. The Kier molecular flexibility index (Phi) is 4.87. The largest absolute Gasteiger partial charge is 0.375 e. The zero-order chi connectivity index (χ0) is 12.1. The summed E-state index contributed by atoms with van der Waals surface area (Å²) in [4.78, 5) is 0. The Labute approximate surface area is 107 Å². The third-order valence-corrected chi connectivity index (χ3v) is 4.77. The molecule has 2 aliphatic rings. The van der Waals surface area contributed by atoms with Gasteiger partial charge in [0.15, 0.2) is 0 Å². The molecule has 1 heterocycles. The highest BCUT2D eigenvalue weighted by Gasteiger charge is 2.44. The van der Waals surface area contributed by atoms with Crippen molar-refractivity contribution in [1.29, 1.82) is 0 Å². The summed E-state index contributed by atoms with van der Waals surface area (Å²) in [6.07, 6.45) is 10.5. The maximum absolute atomic E-state index is 6.28. The van der Waals surface area contributed by atoms with E-state index in [2.05, 4.69) is 19.2 Å². The van der Waals surface area contributed by atoms with Crippen molar-refractivity contribution in [3.05, 3.63) is 0 Å². The highest BCUT2D eigenvalue weighted by molar-refractivity contribution is 4.96. The maximum Gasteiger partial charge on any atom is 0.0725 e. The second kappa shape index (κ2) is 6.19. The minimum atomic E-state index is 0.233. The summed E-state index contributed by atoms with van der Waals surface area (Å²) in [5.74, 6) is 0.808. The number of ether oxygens (including phenoxy) is 1. The Balaban J connectivity index is 1.97. The average molecular weight is 239 g/mol. The van der Waals surface area contributed by atoms with Crippen molar-refractivity contribution < 1.29 is 4.74 Å². The van der Waals surface area contributed by atoms with Crippen LogP contribution in [0, 0.1) is 5.92 Å². The van der Waals surface area contributed by atoms with Crippen LogP contribution in [-0.2, 0) is 4.74 Å². The minimum Gasteiger partial charge on any atom is -0.375 e. The SMILES string of the molecule is CCCNC1CCOC2(CCCCC2CC)C1. The lowest BCUT2D eigenvalue weighted by Crippen LogP contribution is -2.52. The van der Waals surface area contributed by atoms with Crippen LogP contribution in [0.15, 0.2) is 0 Å². The summed E-state index contributed by atoms with van der Waals surface area (Å²) in [5, 5.41) is 3.71. The van der Waals surface area contributed by atoms with Gasteiger partial charge in [-0.2, -0.15) is 0 Å². The van der Waals surface area contributed by atoms with Gasteiger partial charge < -0.3 is 10.1 Å². The van der Waals surface area contributed by atoms with Gasteiger partial charge in [-0.3, -0.25) is 0 Å². The first-order valence-electron chi connectivity index (χ1n) is 7.68. The first-order chi connectivity index (χ1) is 8.30. The van der Waals surface area contributed by atoms with Gasteiger partial charge in [-0.05, 0) is 44.6 Å². The highest BCUT2D eigenvalue weighted by atomic mass is 16.5. The van der Waals surface area contributed by atoms with Gasteiger partial charge >= 0.3 is 0 Å². The Bertz CT molecular complexity index is 227. The first kappa shape index (κ1) is 13.4. The summed E-state index contributed by atoms with van der Waals surface area (Å²) >= 11 is 0. The first-order valence-corrected chi connectivity index (χ1v) is 7.68. The molecule has 1 saturated carbocycles. The molecule has 17 heavy (non-hydrogen) atoms. The van der Waals surface area contributed by atoms with E-state index in [9.17, 15) is 0 Å². The van der Waals surface area contributed by atoms with Crippen LogP contribution < -0.4 is 5.32 Å². The molecule has 3 atom stereocenters. The van der Waals surface area contributed by atoms with E-state index in [4.69, 9.17) is 4.74 Å². The van der Waals surface area contributed by atoms with Gasteiger partial charge in [-0.1, -0.05) is 33.1 Å². The van der Waals surface area contributed by atoms with E-state index in [1.165, 1.54) is 51.4 Å². The van der Waals surface area contributed by atoms with E-state index in [1.807, 2.05) is 0 Å². The molecule has 2 nitrogen and oxygen atoms in total. The molecule has 1 aliphatic carbocycles. The van der Waals surface area contributed by atoms with E-state index in [1.54, 1.807) is 0 Å². The zero-order valence-corrected chi connectivity index (χ0v) is 11.6. The lowest BCUT2D eigenvalue weighted by molar-refractivity contribution is -0.143. The number of rotatable bonds is 4. The molecule has 0 bridgehead atoms. The van der Waals surface area contributed by atoms with Crippen molar-refractivity contribution in [2.75, 3.05) is 13.2 Å². The lowest BCUT2D eigenvalue weighted by Gasteiger charge is -2.48. The molecule has 2 fully saturated rings. The molecule has 2 heteroatoms. The third kappa shape index (κ3) is 3.03. The number of hydrogen-bond donors (Lipinski definition) is 1. The normalized spacial score (nSPS) is 38.5. The minimum absolute atomic E-state index is 0.233. The van der Waals surface area contributed by atoms with E-state index in [0.717, 1.165) is 19.1 Å². The quantitative estimate of drug-likeness (QED) is 0.810. The summed E-state index contributed by atoms with van der Waals surface area (Å²) < 4.78 is 6.28. The predicted molar refractivity (Wildman–Crippen MR) is 72.2 cm³/mol. The maximum atomic E-state index is 6.28. The number of nitrogens with one attached hydrogen (secondary N) is 1. The van der Waals surface area contributed by atoms with E-state index in [-0.39, 0.29) is 5.60 Å². The van der Waals surface area contributed by atoms with Crippen LogP contribution >= 0.6 is 0 Å². The van der Waals surface area contributed by atoms with Crippen molar-refractivity contribution in [3.63, 3.8) is 0 Å². The molecule has 2 rings (SSSR count). The summed E-state index contributed by atoms with van der Waals surface area (Å²) in [6, 6.07) is 0.704. The van der Waals surface area contributed by atoms with Gasteiger partial charge in [0.05, 0.1) is 5.60 Å². The van der Waals surface area contributed by atoms with E-state index >= 15 is 0 Å². The Morgan fingerprint density at radius 3 is 2.88 bits per heavy atom. The molecule has 1 N–H and O–H groups in total. The van der Waals surface area contributed by atoms with Gasteiger partial charge in [-0.15, -0.1) is 0 Å². The van der Waals surface area contributed by atoms with Gasteiger partial charge in [-0.25, -0.2) is 0 Å². The molecule has 0 aromatic rings. The summed E-state index contributed by atoms with van der Waals surface area (Å²) in [6.45, 7) is 6.72. The molecular weight excluding hydrogens is 210 g/mol. The molecule has 0 radical (unpaired) electrons. The smallest absolute Gasteiger partial charge is 0.0725 e.